The van der Waals surface area contributed by atoms with Gasteiger partial charge >= 0.3 is 0 Å². The topological polar surface area (TPSA) is 67.4 Å². The molecule has 2 aliphatic rings. The molecule has 4 aromatic rings. The Hall–Kier alpha value is -3.61. The van der Waals surface area contributed by atoms with Crippen LogP contribution in [0.3, 0.4) is 0 Å². The minimum absolute atomic E-state index is 0.0376. The van der Waals surface area contributed by atoms with E-state index in [0.717, 1.165) is 53.1 Å². The van der Waals surface area contributed by atoms with E-state index in [1.807, 2.05) is 53.4 Å². The van der Waals surface area contributed by atoms with Crippen molar-refractivity contribution in [1.29, 1.82) is 0 Å². The van der Waals surface area contributed by atoms with Gasteiger partial charge in [0, 0.05) is 29.3 Å². The fourth-order valence-electron chi connectivity index (χ4n) is 5.16. The summed E-state index contributed by atoms with van der Waals surface area (Å²) < 4.78 is 11.9. The highest BCUT2D eigenvalue weighted by Gasteiger charge is 2.43. The molecule has 1 N–H and O–H groups in total. The first kappa shape index (κ1) is 23.8. The lowest BCUT2D eigenvalue weighted by molar-refractivity contribution is 0.0495. The summed E-state index contributed by atoms with van der Waals surface area (Å²) in [6.07, 6.45) is 2.04. The quantitative estimate of drug-likeness (QED) is 0.313. The Labute approximate surface area is 221 Å². The third-order valence-corrected chi connectivity index (χ3v) is 7.38. The van der Waals surface area contributed by atoms with E-state index < -0.39 is 0 Å². The molecule has 6 rings (SSSR count). The Kier molecular flexibility index (Phi) is 6.45. The van der Waals surface area contributed by atoms with Crippen LogP contribution in [-0.4, -0.2) is 40.3 Å². The lowest BCUT2D eigenvalue weighted by Crippen LogP contribution is -2.36. The summed E-state index contributed by atoms with van der Waals surface area (Å²) in [5, 5.41) is 8.32. The Bertz CT molecular complexity index is 1390. The van der Waals surface area contributed by atoms with Gasteiger partial charge in [-0.2, -0.15) is 5.10 Å². The van der Waals surface area contributed by atoms with Crippen LogP contribution in [-0.2, 0) is 11.3 Å². The first-order valence-corrected chi connectivity index (χ1v) is 13.0. The third kappa shape index (κ3) is 4.75. The molecule has 188 valence electrons. The van der Waals surface area contributed by atoms with Gasteiger partial charge in [0.25, 0.3) is 5.91 Å². The van der Waals surface area contributed by atoms with Crippen molar-refractivity contribution in [2.24, 2.45) is 0 Å². The van der Waals surface area contributed by atoms with Gasteiger partial charge in [-0.25, -0.2) is 0 Å². The fourth-order valence-corrected chi connectivity index (χ4v) is 5.29. The monoisotopic (exact) mass is 513 g/mol. The minimum atomic E-state index is -0.257. The van der Waals surface area contributed by atoms with Crippen LogP contribution >= 0.6 is 11.6 Å². The summed E-state index contributed by atoms with van der Waals surface area (Å²) in [4.78, 5) is 15.5. The molecule has 0 saturated carbocycles. The summed E-state index contributed by atoms with van der Waals surface area (Å²) in [5.41, 5.74) is 6.51. The molecule has 6 nitrogen and oxygen atoms in total. The maximum Gasteiger partial charge on any atom is 0.273 e. The highest BCUT2D eigenvalue weighted by atomic mass is 35.5. The number of hydrogen-bond acceptors (Lipinski definition) is 4. The molecule has 1 aromatic heterocycles. The van der Waals surface area contributed by atoms with Gasteiger partial charge in [0.2, 0.25) is 0 Å². The fraction of sp³-hybridized carbons (Fsp3) is 0.267. The van der Waals surface area contributed by atoms with E-state index in [1.54, 1.807) is 0 Å². The predicted molar refractivity (Wildman–Crippen MR) is 143 cm³/mol. The molecule has 0 spiro atoms. The van der Waals surface area contributed by atoms with Gasteiger partial charge in [0.05, 0.1) is 17.8 Å². The number of aromatic nitrogens is 2. The van der Waals surface area contributed by atoms with Crippen LogP contribution in [0, 0.1) is 6.92 Å². The average Bonchev–Trinajstić information content (AvgIpc) is 3.64. The highest BCUT2D eigenvalue weighted by Crippen LogP contribution is 2.43. The smallest absolute Gasteiger partial charge is 0.273 e. The molecule has 2 aliphatic heterocycles. The van der Waals surface area contributed by atoms with Gasteiger partial charge in [-0.3, -0.25) is 9.89 Å². The lowest BCUT2D eigenvalue weighted by Gasteiger charge is -2.28. The summed E-state index contributed by atoms with van der Waals surface area (Å²) in [7, 11) is 0. The normalized spacial score (nSPS) is 18.9. The first-order chi connectivity index (χ1) is 18.1. The number of hydrogen-bond donors (Lipinski definition) is 1. The van der Waals surface area contributed by atoms with Crippen LogP contribution in [0.25, 0.3) is 11.3 Å². The molecular formula is C30H28ClN3O3. The molecule has 2 unspecified atom stereocenters. The maximum absolute atomic E-state index is 13.6. The number of halogens is 1. The number of aryl methyl sites for hydroxylation is 1. The van der Waals surface area contributed by atoms with Crippen LogP contribution in [0.1, 0.15) is 51.6 Å². The SMILES string of the molecule is Cc1ccc(-c2n[nH]c3c2C(c2ccc(OCc4ccc(Cl)cc4)cc2)N(CC2CCCO2)C3=O)cc1. The molecule has 0 radical (unpaired) electrons. The molecule has 1 amide bonds. The maximum atomic E-state index is 13.6. The second-order valence-corrected chi connectivity index (χ2v) is 10.1. The Morgan fingerprint density at radius 1 is 1.05 bits per heavy atom. The number of rotatable bonds is 7. The zero-order valence-corrected chi connectivity index (χ0v) is 21.4. The van der Waals surface area contributed by atoms with Crippen LogP contribution < -0.4 is 4.74 Å². The molecule has 0 aliphatic carbocycles. The van der Waals surface area contributed by atoms with Crippen molar-refractivity contribution in [1.82, 2.24) is 15.1 Å². The van der Waals surface area contributed by atoms with E-state index in [-0.39, 0.29) is 18.1 Å². The first-order valence-electron chi connectivity index (χ1n) is 12.6. The molecule has 37 heavy (non-hydrogen) atoms. The number of amides is 1. The highest BCUT2D eigenvalue weighted by molar-refractivity contribution is 6.30. The van der Waals surface area contributed by atoms with Crippen molar-refractivity contribution < 1.29 is 14.3 Å². The zero-order chi connectivity index (χ0) is 25.4. The summed E-state index contributed by atoms with van der Waals surface area (Å²) in [5.74, 6) is 0.726. The third-order valence-electron chi connectivity index (χ3n) is 7.13. The molecular weight excluding hydrogens is 486 g/mol. The van der Waals surface area contributed by atoms with Crippen molar-refractivity contribution in [2.75, 3.05) is 13.2 Å². The number of carbonyl (C=O) groups excluding carboxylic acids is 1. The van der Waals surface area contributed by atoms with Gasteiger partial charge < -0.3 is 14.4 Å². The van der Waals surface area contributed by atoms with E-state index in [2.05, 4.69) is 41.4 Å². The number of nitrogens with zero attached hydrogens (tertiary/aromatic N) is 2. The predicted octanol–water partition coefficient (Wildman–Crippen LogP) is 6.34. The van der Waals surface area contributed by atoms with E-state index in [0.29, 0.717) is 23.9 Å². The summed E-state index contributed by atoms with van der Waals surface area (Å²) >= 11 is 5.99. The molecule has 0 bridgehead atoms. The van der Waals surface area contributed by atoms with Gasteiger partial charge in [-0.05, 0) is 55.2 Å². The molecule has 1 saturated heterocycles. The summed E-state index contributed by atoms with van der Waals surface area (Å²) in [6.45, 7) is 3.81. The average molecular weight is 514 g/mol. The van der Waals surface area contributed by atoms with Crippen LogP contribution in [0.2, 0.25) is 5.02 Å². The Balaban J connectivity index is 1.31. The molecule has 3 heterocycles. The van der Waals surface area contributed by atoms with E-state index >= 15 is 0 Å². The number of aromatic amines is 1. The second kappa shape index (κ2) is 10.0. The second-order valence-electron chi connectivity index (χ2n) is 9.71. The van der Waals surface area contributed by atoms with Crippen molar-refractivity contribution in [2.45, 2.75) is 38.5 Å². The van der Waals surface area contributed by atoms with E-state index in [4.69, 9.17) is 21.1 Å². The zero-order valence-electron chi connectivity index (χ0n) is 20.6. The number of H-pyrrole nitrogens is 1. The number of fused-ring (bicyclic) bond motifs is 1. The van der Waals surface area contributed by atoms with Crippen LogP contribution in [0.15, 0.2) is 72.8 Å². The lowest BCUT2D eigenvalue weighted by atomic mass is 9.95. The molecule has 7 heteroatoms. The Morgan fingerprint density at radius 3 is 2.51 bits per heavy atom. The van der Waals surface area contributed by atoms with Crippen LogP contribution in [0.5, 0.6) is 5.75 Å². The van der Waals surface area contributed by atoms with Crippen molar-refractivity contribution in [3.05, 3.63) is 106 Å². The molecule has 1 fully saturated rings. The van der Waals surface area contributed by atoms with Crippen molar-refractivity contribution in [3.63, 3.8) is 0 Å². The van der Waals surface area contributed by atoms with Crippen molar-refractivity contribution in [3.8, 4) is 17.0 Å². The minimum Gasteiger partial charge on any atom is -0.489 e. The summed E-state index contributed by atoms with van der Waals surface area (Å²) in [6, 6.07) is 23.6. The number of carbonyl (C=O) groups is 1. The number of ether oxygens (including phenoxy) is 2. The van der Waals surface area contributed by atoms with Gasteiger partial charge in [0.1, 0.15) is 18.1 Å². The molecule has 3 aromatic carbocycles. The largest absolute Gasteiger partial charge is 0.489 e. The van der Waals surface area contributed by atoms with Crippen LogP contribution in [0.4, 0.5) is 0 Å². The Morgan fingerprint density at radius 2 is 1.81 bits per heavy atom. The van der Waals surface area contributed by atoms with E-state index in [9.17, 15) is 4.79 Å². The van der Waals surface area contributed by atoms with Gasteiger partial charge in [-0.1, -0.05) is 65.7 Å². The number of nitrogens with one attached hydrogen (secondary N) is 1. The van der Waals surface area contributed by atoms with Gasteiger partial charge in [-0.15, -0.1) is 0 Å². The van der Waals surface area contributed by atoms with Gasteiger partial charge in [0.15, 0.2) is 0 Å². The van der Waals surface area contributed by atoms with Crippen molar-refractivity contribution >= 4 is 17.5 Å². The van der Waals surface area contributed by atoms with E-state index in [1.165, 1.54) is 5.56 Å². The number of benzene rings is 3. The standard InChI is InChI=1S/C30H28ClN3O3/c1-19-4-8-21(9-5-19)27-26-28(33-32-27)30(35)34(17-25-3-2-16-36-25)29(26)22-10-14-24(15-11-22)37-18-20-6-12-23(31)13-7-20/h4-15,25,29H,2-3,16-18H2,1H3,(H,32,33). The molecule has 2 atom stereocenters.